The molecule has 1 aromatic heterocycles. The van der Waals surface area contributed by atoms with E-state index in [1.807, 2.05) is 22.6 Å². The van der Waals surface area contributed by atoms with Crippen molar-refractivity contribution in [2.75, 3.05) is 0 Å². The number of carboxylic acid groups (broad SMARTS) is 1. The van der Waals surface area contributed by atoms with Crippen molar-refractivity contribution < 1.29 is 9.90 Å². The number of carboxylic acids is 1. The first-order valence-corrected chi connectivity index (χ1v) is 5.70. The molecule has 1 aromatic carbocycles. The number of hydrogen-bond acceptors (Lipinski definition) is 2. The Kier molecular flexibility index (Phi) is 2.90. The second kappa shape index (κ2) is 4.06. The molecule has 0 atom stereocenters. The summed E-state index contributed by atoms with van der Waals surface area (Å²) in [6, 6.07) is 4.37. The van der Waals surface area contributed by atoms with Gasteiger partial charge in [0.2, 0.25) is 0 Å². The molecule has 0 bridgehead atoms. The first-order chi connectivity index (χ1) is 7.49. The number of rotatable bonds is 1. The fourth-order valence-electron chi connectivity index (χ4n) is 1.39. The molecule has 1 heterocycles. The van der Waals surface area contributed by atoms with Gasteiger partial charge in [0.1, 0.15) is 5.69 Å². The molecule has 0 amide bonds. The summed E-state index contributed by atoms with van der Waals surface area (Å²) in [6.45, 7) is 0. The highest BCUT2D eigenvalue weighted by Gasteiger charge is 2.10. The molecule has 0 unspecified atom stereocenters. The lowest BCUT2D eigenvalue weighted by Gasteiger charge is -2.03. The van der Waals surface area contributed by atoms with Gasteiger partial charge in [-0.1, -0.05) is 11.6 Å². The van der Waals surface area contributed by atoms with Crippen LogP contribution in [0.15, 0.2) is 23.0 Å². The Morgan fingerprint density at radius 2 is 2.06 bits per heavy atom. The van der Waals surface area contributed by atoms with Crippen LogP contribution in [0.25, 0.3) is 10.9 Å². The zero-order chi connectivity index (χ0) is 11.9. The monoisotopic (exact) mass is 349 g/mol. The molecule has 0 saturated carbocycles. The molecule has 6 heteroatoms. The van der Waals surface area contributed by atoms with E-state index in [0.717, 1.165) is 9.64 Å². The number of carbonyl (C=O) groups is 1. The minimum atomic E-state index is -1.19. The van der Waals surface area contributed by atoms with Crippen molar-refractivity contribution in [1.82, 2.24) is 4.98 Å². The molecule has 2 N–H and O–H groups in total. The highest BCUT2D eigenvalue weighted by molar-refractivity contribution is 14.1. The number of aromatic nitrogens is 1. The first-order valence-electron chi connectivity index (χ1n) is 4.24. The molecule has 0 saturated heterocycles. The first kappa shape index (κ1) is 11.4. The van der Waals surface area contributed by atoms with Crippen LogP contribution in [0.4, 0.5) is 0 Å². The lowest BCUT2D eigenvalue weighted by atomic mass is 10.2. The maximum absolute atomic E-state index is 11.7. The molecule has 0 fully saturated rings. The fraction of sp³-hybridized carbons (Fsp3) is 0. The predicted octanol–water partition coefficient (Wildman–Crippen LogP) is 2.48. The number of aromatic amines is 1. The van der Waals surface area contributed by atoms with Crippen LogP contribution in [0, 0.1) is 3.57 Å². The van der Waals surface area contributed by atoms with E-state index in [0.29, 0.717) is 15.9 Å². The Labute approximate surface area is 108 Å². The molecule has 0 spiro atoms. The van der Waals surface area contributed by atoms with Crippen LogP contribution < -0.4 is 5.43 Å². The standard InChI is InChI=1S/C10H5ClINO3/c11-6-2-4(12)1-5-8(14)3-7(10(15)16)13-9(5)6/h1-3H,(H,13,14)(H,15,16). The minimum absolute atomic E-state index is 0.166. The van der Waals surface area contributed by atoms with Crippen LogP contribution in [0.5, 0.6) is 0 Å². The number of aromatic carboxylic acids is 1. The summed E-state index contributed by atoms with van der Waals surface area (Å²) in [5.41, 5.74) is -0.167. The molecular formula is C10H5ClINO3. The van der Waals surface area contributed by atoms with Crippen molar-refractivity contribution in [3.05, 3.63) is 42.7 Å². The lowest BCUT2D eigenvalue weighted by molar-refractivity contribution is 0.0691. The number of nitrogens with one attached hydrogen (secondary N) is 1. The molecular weight excluding hydrogens is 344 g/mol. The number of H-pyrrole nitrogens is 1. The topological polar surface area (TPSA) is 70.2 Å². The summed E-state index contributed by atoms with van der Waals surface area (Å²) in [4.78, 5) is 25.1. The maximum atomic E-state index is 11.7. The zero-order valence-electron chi connectivity index (χ0n) is 7.75. The van der Waals surface area contributed by atoms with Crippen LogP contribution in [-0.4, -0.2) is 16.1 Å². The van der Waals surface area contributed by atoms with Gasteiger partial charge in [-0.2, -0.15) is 0 Å². The minimum Gasteiger partial charge on any atom is -0.477 e. The second-order valence-electron chi connectivity index (χ2n) is 3.16. The van der Waals surface area contributed by atoms with Crippen LogP contribution >= 0.6 is 34.2 Å². The van der Waals surface area contributed by atoms with Crippen molar-refractivity contribution in [3.8, 4) is 0 Å². The molecule has 2 rings (SSSR count). The summed E-state index contributed by atoms with van der Waals surface area (Å²) in [7, 11) is 0. The normalized spacial score (nSPS) is 10.6. The summed E-state index contributed by atoms with van der Waals surface area (Å²) >= 11 is 7.98. The molecule has 16 heavy (non-hydrogen) atoms. The molecule has 0 aliphatic heterocycles. The van der Waals surface area contributed by atoms with Gasteiger partial charge < -0.3 is 10.1 Å². The molecule has 2 aromatic rings. The SMILES string of the molecule is O=C(O)c1cc(=O)c2cc(I)cc(Cl)c2[nH]1. The Bertz CT molecular complexity index is 650. The molecule has 82 valence electrons. The molecule has 0 aliphatic rings. The van der Waals surface area contributed by atoms with Gasteiger partial charge in [0, 0.05) is 15.0 Å². The molecule has 0 radical (unpaired) electrons. The van der Waals surface area contributed by atoms with E-state index in [2.05, 4.69) is 4.98 Å². The van der Waals surface area contributed by atoms with E-state index in [4.69, 9.17) is 16.7 Å². The van der Waals surface area contributed by atoms with E-state index in [1.165, 1.54) is 0 Å². The van der Waals surface area contributed by atoms with Crippen molar-refractivity contribution in [2.45, 2.75) is 0 Å². The maximum Gasteiger partial charge on any atom is 0.352 e. The van der Waals surface area contributed by atoms with Crippen LogP contribution in [0.3, 0.4) is 0 Å². The number of hydrogen-bond donors (Lipinski definition) is 2. The summed E-state index contributed by atoms with van der Waals surface area (Å²) in [5.74, 6) is -1.19. The van der Waals surface area contributed by atoms with Gasteiger partial charge in [0.15, 0.2) is 5.43 Å². The van der Waals surface area contributed by atoms with Crippen molar-refractivity contribution in [3.63, 3.8) is 0 Å². The van der Waals surface area contributed by atoms with Gasteiger partial charge in [-0.15, -0.1) is 0 Å². The van der Waals surface area contributed by atoms with E-state index >= 15 is 0 Å². The average Bonchev–Trinajstić information content (AvgIpc) is 2.19. The van der Waals surface area contributed by atoms with Gasteiger partial charge >= 0.3 is 5.97 Å². The smallest absolute Gasteiger partial charge is 0.352 e. The Hall–Kier alpha value is -1.08. The van der Waals surface area contributed by atoms with E-state index in [1.54, 1.807) is 12.1 Å². The second-order valence-corrected chi connectivity index (χ2v) is 4.82. The average molecular weight is 350 g/mol. The summed E-state index contributed by atoms with van der Waals surface area (Å²) in [6.07, 6.45) is 0. The van der Waals surface area contributed by atoms with Gasteiger partial charge in [-0.3, -0.25) is 4.79 Å². The van der Waals surface area contributed by atoms with Crippen molar-refractivity contribution >= 4 is 51.1 Å². The van der Waals surface area contributed by atoms with E-state index in [-0.39, 0.29) is 11.1 Å². The number of halogens is 2. The Morgan fingerprint density at radius 1 is 1.38 bits per heavy atom. The number of fused-ring (bicyclic) bond motifs is 1. The quantitative estimate of drug-likeness (QED) is 0.777. The van der Waals surface area contributed by atoms with E-state index in [9.17, 15) is 9.59 Å². The number of pyridine rings is 1. The Morgan fingerprint density at radius 3 is 2.69 bits per heavy atom. The van der Waals surface area contributed by atoms with Crippen LogP contribution in [0.1, 0.15) is 10.5 Å². The zero-order valence-corrected chi connectivity index (χ0v) is 10.7. The highest BCUT2D eigenvalue weighted by atomic mass is 127. The van der Waals surface area contributed by atoms with E-state index < -0.39 is 5.97 Å². The summed E-state index contributed by atoms with van der Waals surface area (Å²) in [5, 5.41) is 9.53. The van der Waals surface area contributed by atoms with Crippen molar-refractivity contribution in [2.24, 2.45) is 0 Å². The molecule has 0 aliphatic carbocycles. The highest BCUT2D eigenvalue weighted by Crippen LogP contribution is 2.22. The van der Waals surface area contributed by atoms with Crippen molar-refractivity contribution in [1.29, 1.82) is 0 Å². The third kappa shape index (κ3) is 1.92. The van der Waals surface area contributed by atoms with Gasteiger partial charge in [0.05, 0.1) is 10.5 Å². The Balaban J connectivity index is 2.93. The summed E-state index contributed by atoms with van der Waals surface area (Å²) < 4.78 is 0.823. The predicted molar refractivity (Wildman–Crippen MR) is 69.3 cm³/mol. The molecule has 4 nitrogen and oxygen atoms in total. The third-order valence-electron chi connectivity index (χ3n) is 2.09. The third-order valence-corrected chi connectivity index (χ3v) is 3.01. The lowest BCUT2D eigenvalue weighted by Crippen LogP contribution is -2.09. The van der Waals surface area contributed by atoms with Crippen LogP contribution in [-0.2, 0) is 0 Å². The largest absolute Gasteiger partial charge is 0.477 e. The van der Waals surface area contributed by atoms with Gasteiger partial charge in [0.25, 0.3) is 0 Å². The van der Waals surface area contributed by atoms with Gasteiger partial charge in [-0.05, 0) is 34.7 Å². The van der Waals surface area contributed by atoms with Crippen LogP contribution in [0.2, 0.25) is 5.02 Å². The van der Waals surface area contributed by atoms with Gasteiger partial charge in [-0.25, -0.2) is 4.79 Å². The fourth-order valence-corrected chi connectivity index (χ4v) is 2.46. The number of benzene rings is 1.